The lowest BCUT2D eigenvalue weighted by Crippen LogP contribution is -2.38. The molecule has 0 aromatic heterocycles. The van der Waals surface area contributed by atoms with Crippen molar-refractivity contribution in [2.75, 3.05) is 6.54 Å². The van der Waals surface area contributed by atoms with E-state index in [0.29, 0.717) is 17.9 Å². The molecule has 16 heavy (non-hydrogen) atoms. The highest BCUT2D eigenvalue weighted by atomic mass is 14.9. The number of hydrogen-bond donors (Lipinski definition) is 1. The Kier molecular flexibility index (Phi) is 5.01. The van der Waals surface area contributed by atoms with E-state index in [1.54, 1.807) is 0 Å². The molecule has 0 bridgehead atoms. The summed E-state index contributed by atoms with van der Waals surface area (Å²) >= 11 is 0. The number of hydrogen-bond acceptors (Lipinski definition) is 1. The van der Waals surface area contributed by atoms with Gasteiger partial charge in [0, 0.05) is 6.04 Å². The Bertz CT molecular complexity index is 300. The van der Waals surface area contributed by atoms with Gasteiger partial charge in [-0.05, 0) is 30.9 Å². The lowest BCUT2D eigenvalue weighted by molar-refractivity contribution is 0.360. The monoisotopic (exact) mass is 219 g/mol. The van der Waals surface area contributed by atoms with Crippen molar-refractivity contribution >= 4 is 0 Å². The summed E-state index contributed by atoms with van der Waals surface area (Å²) in [6.07, 6.45) is 0. The molecule has 0 saturated heterocycles. The highest BCUT2D eigenvalue weighted by Crippen LogP contribution is 2.24. The van der Waals surface area contributed by atoms with Gasteiger partial charge in [-0.1, -0.05) is 57.5 Å². The van der Waals surface area contributed by atoms with Crippen LogP contribution in [0.3, 0.4) is 0 Å². The molecule has 90 valence electrons. The fourth-order valence-corrected chi connectivity index (χ4v) is 2.30. The van der Waals surface area contributed by atoms with Crippen LogP contribution < -0.4 is 5.32 Å². The summed E-state index contributed by atoms with van der Waals surface area (Å²) in [5.74, 6) is 1.23. The molecule has 0 fully saturated rings. The summed E-state index contributed by atoms with van der Waals surface area (Å²) in [5, 5.41) is 3.59. The van der Waals surface area contributed by atoms with Crippen LogP contribution in [0, 0.1) is 12.8 Å². The van der Waals surface area contributed by atoms with Gasteiger partial charge in [0.15, 0.2) is 0 Å². The van der Waals surface area contributed by atoms with Crippen molar-refractivity contribution in [3.8, 4) is 0 Å². The predicted octanol–water partition coefficient (Wildman–Crippen LogP) is 3.73. The van der Waals surface area contributed by atoms with Crippen LogP contribution in [0.15, 0.2) is 24.3 Å². The largest absolute Gasteiger partial charge is 0.313 e. The van der Waals surface area contributed by atoms with Crippen molar-refractivity contribution in [1.29, 1.82) is 0 Å². The quantitative estimate of drug-likeness (QED) is 0.795. The van der Waals surface area contributed by atoms with Crippen LogP contribution in [0.5, 0.6) is 0 Å². The van der Waals surface area contributed by atoms with Crippen LogP contribution in [-0.4, -0.2) is 12.6 Å². The van der Waals surface area contributed by atoms with E-state index in [4.69, 9.17) is 0 Å². The van der Waals surface area contributed by atoms with Crippen molar-refractivity contribution in [2.45, 2.75) is 46.6 Å². The number of nitrogens with one attached hydrogen (secondary N) is 1. The van der Waals surface area contributed by atoms with Crippen molar-refractivity contribution in [3.05, 3.63) is 35.4 Å². The van der Waals surface area contributed by atoms with Crippen LogP contribution in [0.1, 0.15) is 44.7 Å². The number of aryl methyl sites for hydroxylation is 1. The molecule has 0 heterocycles. The second kappa shape index (κ2) is 6.05. The fourth-order valence-electron chi connectivity index (χ4n) is 2.30. The normalized spacial score (nSPS) is 15.1. The second-order valence-corrected chi connectivity index (χ2v) is 5.03. The first-order chi connectivity index (χ1) is 7.56. The average Bonchev–Trinajstić information content (AvgIpc) is 2.25. The first kappa shape index (κ1) is 13.2. The van der Waals surface area contributed by atoms with Gasteiger partial charge in [0.05, 0.1) is 0 Å². The number of likely N-dealkylation sites (N-methyl/N-ethyl adjacent to an activating group) is 1. The predicted molar refractivity (Wildman–Crippen MR) is 71.9 cm³/mol. The van der Waals surface area contributed by atoms with Crippen LogP contribution >= 0.6 is 0 Å². The lowest BCUT2D eigenvalue weighted by atomic mass is 9.86. The molecular formula is C15H25N. The Balaban J connectivity index is 2.81. The summed E-state index contributed by atoms with van der Waals surface area (Å²) in [7, 11) is 0. The van der Waals surface area contributed by atoms with E-state index in [1.807, 2.05) is 0 Å². The molecule has 1 aromatic carbocycles. The standard InChI is InChI=1S/C15H25N/c1-6-16-15(11(2)3)13(5)14-9-7-12(4)8-10-14/h7-11,13,15-16H,6H2,1-5H3. The smallest absolute Gasteiger partial charge is 0.0156 e. The maximum Gasteiger partial charge on any atom is 0.0156 e. The molecule has 0 aliphatic heterocycles. The molecule has 1 rings (SSSR count). The first-order valence-electron chi connectivity index (χ1n) is 6.36. The van der Waals surface area contributed by atoms with Gasteiger partial charge in [-0.2, -0.15) is 0 Å². The second-order valence-electron chi connectivity index (χ2n) is 5.03. The third-order valence-electron chi connectivity index (χ3n) is 3.30. The first-order valence-corrected chi connectivity index (χ1v) is 6.36. The summed E-state index contributed by atoms with van der Waals surface area (Å²) in [4.78, 5) is 0. The molecule has 0 radical (unpaired) electrons. The molecule has 0 spiro atoms. The Morgan fingerprint density at radius 1 is 1.06 bits per heavy atom. The molecule has 1 N–H and O–H groups in total. The minimum absolute atomic E-state index is 0.563. The molecule has 0 saturated carbocycles. The molecule has 1 aromatic rings. The average molecular weight is 219 g/mol. The van der Waals surface area contributed by atoms with E-state index in [1.165, 1.54) is 11.1 Å². The highest BCUT2D eigenvalue weighted by Gasteiger charge is 2.20. The zero-order valence-electron chi connectivity index (χ0n) is 11.2. The van der Waals surface area contributed by atoms with E-state index in [0.717, 1.165) is 6.54 Å². The van der Waals surface area contributed by atoms with E-state index in [-0.39, 0.29) is 0 Å². The molecule has 0 amide bonds. The van der Waals surface area contributed by atoms with Crippen LogP contribution in [-0.2, 0) is 0 Å². The van der Waals surface area contributed by atoms with Gasteiger partial charge in [0.1, 0.15) is 0 Å². The van der Waals surface area contributed by atoms with Crippen molar-refractivity contribution in [3.63, 3.8) is 0 Å². The third-order valence-corrected chi connectivity index (χ3v) is 3.30. The molecule has 0 aliphatic rings. The number of benzene rings is 1. The highest BCUT2D eigenvalue weighted by molar-refractivity contribution is 5.25. The molecular weight excluding hydrogens is 194 g/mol. The van der Waals surface area contributed by atoms with Gasteiger partial charge in [0.2, 0.25) is 0 Å². The SMILES string of the molecule is CCNC(C(C)C)C(C)c1ccc(C)cc1. The maximum atomic E-state index is 3.59. The Labute approximate surface area is 100 Å². The minimum atomic E-state index is 0.563. The van der Waals surface area contributed by atoms with Crippen molar-refractivity contribution in [1.82, 2.24) is 5.32 Å². The van der Waals surface area contributed by atoms with Gasteiger partial charge >= 0.3 is 0 Å². The van der Waals surface area contributed by atoms with Crippen LogP contribution in [0.4, 0.5) is 0 Å². The van der Waals surface area contributed by atoms with E-state index < -0.39 is 0 Å². The van der Waals surface area contributed by atoms with Gasteiger partial charge in [-0.15, -0.1) is 0 Å². The van der Waals surface area contributed by atoms with Gasteiger partial charge < -0.3 is 5.32 Å². The maximum absolute atomic E-state index is 3.59. The summed E-state index contributed by atoms with van der Waals surface area (Å²) in [6.45, 7) is 12.3. The molecule has 1 heteroatoms. The number of rotatable bonds is 5. The summed E-state index contributed by atoms with van der Waals surface area (Å²) in [6, 6.07) is 9.48. The van der Waals surface area contributed by atoms with Crippen LogP contribution in [0.2, 0.25) is 0 Å². The molecule has 2 unspecified atom stereocenters. The third kappa shape index (κ3) is 3.34. The molecule has 0 aliphatic carbocycles. The molecule has 1 nitrogen and oxygen atoms in total. The zero-order chi connectivity index (χ0) is 12.1. The Hall–Kier alpha value is -0.820. The minimum Gasteiger partial charge on any atom is -0.313 e. The van der Waals surface area contributed by atoms with Crippen molar-refractivity contribution in [2.24, 2.45) is 5.92 Å². The Morgan fingerprint density at radius 3 is 2.06 bits per heavy atom. The van der Waals surface area contributed by atoms with Gasteiger partial charge in [-0.25, -0.2) is 0 Å². The molecule has 2 atom stereocenters. The van der Waals surface area contributed by atoms with Gasteiger partial charge in [0.25, 0.3) is 0 Å². The lowest BCUT2D eigenvalue weighted by Gasteiger charge is -2.28. The summed E-state index contributed by atoms with van der Waals surface area (Å²) < 4.78 is 0. The zero-order valence-corrected chi connectivity index (χ0v) is 11.2. The summed E-state index contributed by atoms with van der Waals surface area (Å²) in [5.41, 5.74) is 2.77. The van der Waals surface area contributed by atoms with E-state index >= 15 is 0 Å². The van der Waals surface area contributed by atoms with E-state index in [9.17, 15) is 0 Å². The topological polar surface area (TPSA) is 12.0 Å². The Morgan fingerprint density at radius 2 is 1.62 bits per heavy atom. The van der Waals surface area contributed by atoms with Crippen LogP contribution in [0.25, 0.3) is 0 Å². The van der Waals surface area contributed by atoms with E-state index in [2.05, 4.69) is 64.2 Å². The van der Waals surface area contributed by atoms with Crippen molar-refractivity contribution < 1.29 is 0 Å². The fraction of sp³-hybridized carbons (Fsp3) is 0.600. The van der Waals surface area contributed by atoms with Gasteiger partial charge in [-0.3, -0.25) is 0 Å².